The smallest absolute Gasteiger partial charge is 0.227 e. The van der Waals surface area contributed by atoms with E-state index < -0.39 is 5.41 Å². The van der Waals surface area contributed by atoms with Gasteiger partial charge in [0.1, 0.15) is 0 Å². The molecule has 0 bridgehead atoms. The van der Waals surface area contributed by atoms with Gasteiger partial charge >= 0.3 is 0 Å². The molecular weight excluding hydrogens is 288 g/mol. The zero-order valence-electron chi connectivity index (χ0n) is 13.9. The lowest BCUT2D eigenvalue weighted by molar-refractivity contribution is -0.140. The molecular formula is C19H26N2O2. The van der Waals surface area contributed by atoms with Crippen molar-refractivity contribution in [2.75, 3.05) is 13.1 Å². The maximum atomic E-state index is 12.7. The molecule has 1 aliphatic heterocycles. The molecule has 1 saturated carbocycles. The molecule has 1 aliphatic carbocycles. The Morgan fingerprint density at radius 1 is 1.30 bits per heavy atom. The van der Waals surface area contributed by atoms with E-state index in [1.165, 1.54) is 12.8 Å². The SMILES string of the molecule is Cc1ccccc1CC(=O)N1CCCC(CC2CC2)(C(N)=O)C1. The first-order valence-electron chi connectivity index (χ1n) is 8.62. The van der Waals surface area contributed by atoms with Gasteiger partial charge in [-0.1, -0.05) is 37.1 Å². The molecule has 1 heterocycles. The Bertz CT molecular complexity index is 609. The Hall–Kier alpha value is -1.84. The largest absolute Gasteiger partial charge is 0.369 e. The van der Waals surface area contributed by atoms with Gasteiger partial charge in [0.25, 0.3) is 0 Å². The molecule has 124 valence electrons. The van der Waals surface area contributed by atoms with Crippen molar-refractivity contribution in [1.29, 1.82) is 0 Å². The number of amides is 2. The number of hydrogen-bond donors (Lipinski definition) is 1. The lowest BCUT2D eigenvalue weighted by atomic mass is 9.75. The van der Waals surface area contributed by atoms with Crippen LogP contribution >= 0.6 is 0 Å². The third-order valence-corrected chi connectivity index (χ3v) is 5.43. The van der Waals surface area contributed by atoms with Crippen LogP contribution in [0.15, 0.2) is 24.3 Å². The molecule has 4 nitrogen and oxygen atoms in total. The summed E-state index contributed by atoms with van der Waals surface area (Å²) in [5, 5.41) is 0. The maximum Gasteiger partial charge on any atom is 0.227 e. The van der Waals surface area contributed by atoms with Gasteiger partial charge in [0, 0.05) is 13.1 Å². The van der Waals surface area contributed by atoms with Gasteiger partial charge in [0.2, 0.25) is 11.8 Å². The predicted octanol–water partition coefficient (Wildman–Crippen LogP) is 2.43. The van der Waals surface area contributed by atoms with Crippen LogP contribution in [0.5, 0.6) is 0 Å². The molecule has 3 rings (SSSR count). The molecule has 23 heavy (non-hydrogen) atoms. The molecule has 0 aromatic heterocycles. The van der Waals surface area contributed by atoms with Crippen LogP contribution in [0.25, 0.3) is 0 Å². The molecule has 1 unspecified atom stereocenters. The third kappa shape index (κ3) is 3.57. The number of piperidine rings is 1. The fourth-order valence-electron chi connectivity index (χ4n) is 3.77. The fraction of sp³-hybridized carbons (Fsp3) is 0.579. The number of hydrogen-bond acceptors (Lipinski definition) is 2. The van der Waals surface area contributed by atoms with E-state index in [0.29, 0.717) is 18.9 Å². The summed E-state index contributed by atoms with van der Waals surface area (Å²) < 4.78 is 0. The minimum absolute atomic E-state index is 0.112. The second-order valence-corrected chi connectivity index (χ2v) is 7.31. The number of aryl methyl sites for hydroxylation is 1. The van der Waals surface area contributed by atoms with Crippen LogP contribution in [-0.2, 0) is 16.0 Å². The molecule has 1 saturated heterocycles. The highest BCUT2D eigenvalue weighted by Crippen LogP contribution is 2.44. The van der Waals surface area contributed by atoms with Crippen molar-refractivity contribution in [2.45, 2.75) is 45.4 Å². The highest BCUT2D eigenvalue weighted by atomic mass is 16.2. The molecule has 0 radical (unpaired) electrons. The van der Waals surface area contributed by atoms with Gasteiger partial charge in [-0.3, -0.25) is 9.59 Å². The van der Waals surface area contributed by atoms with Crippen molar-refractivity contribution in [2.24, 2.45) is 17.1 Å². The van der Waals surface area contributed by atoms with E-state index in [2.05, 4.69) is 0 Å². The number of nitrogens with zero attached hydrogens (tertiary/aromatic N) is 1. The van der Waals surface area contributed by atoms with Gasteiger partial charge in [-0.2, -0.15) is 0 Å². The van der Waals surface area contributed by atoms with E-state index in [9.17, 15) is 9.59 Å². The van der Waals surface area contributed by atoms with E-state index in [4.69, 9.17) is 5.73 Å². The molecule has 2 aliphatic rings. The lowest BCUT2D eigenvalue weighted by Crippen LogP contribution is -2.52. The summed E-state index contributed by atoms with van der Waals surface area (Å²) in [5.74, 6) is 0.520. The van der Waals surface area contributed by atoms with E-state index in [1.54, 1.807) is 0 Å². The van der Waals surface area contributed by atoms with Crippen LogP contribution < -0.4 is 5.73 Å². The Morgan fingerprint density at radius 3 is 2.70 bits per heavy atom. The lowest BCUT2D eigenvalue weighted by Gasteiger charge is -2.41. The Labute approximate surface area is 138 Å². The summed E-state index contributed by atoms with van der Waals surface area (Å²) in [6.45, 7) is 3.27. The minimum Gasteiger partial charge on any atom is -0.369 e. The van der Waals surface area contributed by atoms with E-state index >= 15 is 0 Å². The predicted molar refractivity (Wildman–Crippen MR) is 89.7 cm³/mol. The molecule has 4 heteroatoms. The standard InChI is InChI=1S/C19H26N2O2/c1-14-5-2-3-6-16(14)11-17(22)21-10-4-9-19(13-21,18(20)23)12-15-7-8-15/h2-3,5-6,15H,4,7-13H2,1H3,(H2,20,23). The number of primary amides is 1. The summed E-state index contributed by atoms with van der Waals surface area (Å²) in [6.07, 6.45) is 5.36. The Kier molecular flexibility index (Phi) is 4.42. The van der Waals surface area contributed by atoms with E-state index in [1.807, 2.05) is 36.1 Å². The van der Waals surface area contributed by atoms with Gasteiger partial charge in [-0.25, -0.2) is 0 Å². The van der Waals surface area contributed by atoms with Crippen LogP contribution in [-0.4, -0.2) is 29.8 Å². The summed E-state index contributed by atoms with van der Waals surface area (Å²) in [4.78, 5) is 26.7. The molecule has 2 N–H and O–H groups in total. The van der Waals surface area contributed by atoms with Crippen molar-refractivity contribution < 1.29 is 9.59 Å². The van der Waals surface area contributed by atoms with Crippen molar-refractivity contribution in [1.82, 2.24) is 4.90 Å². The van der Waals surface area contributed by atoms with Crippen LogP contribution in [0.2, 0.25) is 0 Å². The van der Waals surface area contributed by atoms with Crippen molar-refractivity contribution in [3.05, 3.63) is 35.4 Å². The number of nitrogens with two attached hydrogens (primary N) is 1. The van der Waals surface area contributed by atoms with Crippen molar-refractivity contribution in [3.63, 3.8) is 0 Å². The van der Waals surface area contributed by atoms with Crippen LogP contribution in [0.3, 0.4) is 0 Å². The molecule has 2 amide bonds. The summed E-state index contributed by atoms with van der Waals surface area (Å²) in [7, 11) is 0. The molecule has 1 aromatic carbocycles. The first kappa shape index (κ1) is 16.0. The van der Waals surface area contributed by atoms with Crippen LogP contribution in [0.4, 0.5) is 0 Å². The molecule has 2 fully saturated rings. The second kappa shape index (κ2) is 6.34. The van der Waals surface area contributed by atoms with Gasteiger partial charge in [0.15, 0.2) is 0 Å². The number of carbonyl (C=O) groups excluding carboxylic acids is 2. The highest BCUT2D eigenvalue weighted by molar-refractivity contribution is 5.84. The van der Waals surface area contributed by atoms with Gasteiger partial charge in [-0.05, 0) is 43.2 Å². The topological polar surface area (TPSA) is 63.4 Å². The summed E-state index contributed by atoms with van der Waals surface area (Å²) in [5.41, 5.74) is 7.44. The van der Waals surface area contributed by atoms with Crippen molar-refractivity contribution in [3.8, 4) is 0 Å². The summed E-state index contributed by atoms with van der Waals surface area (Å²) in [6, 6.07) is 7.98. The number of rotatable bonds is 5. The van der Waals surface area contributed by atoms with Gasteiger partial charge in [0.05, 0.1) is 11.8 Å². The monoisotopic (exact) mass is 314 g/mol. The number of carbonyl (C=O) groups is 2. The number of likely N-dealkylation sites (tertiary alicyclic amines) is 1. The highest BCUT2D eigenvalue weighted by Gasteiger charge is 2.45. The van der Waals surface area contributed by atoms with Crippen LogP contribution in [0.1, 0.15) is 43.2 Å². The Balaban J connectivity index is 1.70. The summed E-state index contributed by atoms with van der Waals surface area (Å²) >= 11 is 0. The van der Waals surface area contributed by atoms with Gasteiger partial charge in [-0.15, -0.1) is 0 Å². The molecule has 1 aromatic rings. The maximum absolute atomic E-state index is 12.7. The molecule has 1 atom stereocenters. The number of benzene rings is 1. The van der Waals surface area contributed by atoms with Crippen LogP contribution in [0, 0.1) is 18.3 Å². The normalized spacial score (nSPS) is 24.5. The third-order valence-electron chi connectivity index (χ3n) is 5.43. The van der Waals surface area contributed by atoms with Gasteiger partial charge < -0.3 is 10.6 Å². The molecule has 0 spiro atoms. The average Bonchev–Trinajstić information content (AvgIpc) is 3.33. The zero-order valence-corrected chi connectivity index (χ0v) is 13.9. The quantitative estimate of drug-likeness (QED) is 0.907. The first-order valence-corrected chi connectivity index (χ1v) is 8.62. The average molecular weight is 314 g/mol. The van der Waals surface area contributed by atoms with E-state index in [-0.39, 0.29) is 11.8 Å². The van der Waals surface area contributed by atoms with Crippen molar-refractivity contribution >= 4 is 11.8 Å². The minimum atomic E-state index is -0.499. The fourth-order valence-corrected chi connectivity index (χ4v) is 3.77. The second-order valence-electron chi connectivity index (χ2n) is 7.31. The Morgan fingerprint density at radius 2 is 2.04 bits per heavy atom. The first-order chi connectivity index (χ1) is 11.0. The van der Waals surface area contributed by atoms with E-state index in [0.717, 1.165) is 36.9 Å². The zero-order chi connectivity index (χ0) is 16.4.